The number of aliphatic carboxylic acids is 2. The molecule has 0 N–H and O–H groups in total. The molecule has 0 aromatic rings. The third kappa shape index (κ3) is 219. The zero-order chi connectivity index (χ0) is 12.3. The van der Waals surface area contributed by atoms with Crippen molar-refractivity contribution in [1.29, 1.82) is 0 Å². The van der Waals surface area contributed by atoms with Crippen molar-refractivity contribution < 1.29 is 49.5 Å². The zero-order valence-electron chi connectivity index (χ0n) is 7.18. The van der Waals surface area contributed by atoms with E-state index in [-0.39, 0.29) is 46.8 Å². The van der Waals surface area contributed by atoms with Crippen molar-refractivity contribution in [3.63, 3.8) is 0 Å². The molecule has 0 saturated heterocycles. The van der Waals surface area contributed by atoms with E-state index < -0.39 is 22.1 Å². The van der Waals surface area contributed by atoms with E-state index in [0.29, 0.717) is 0 Å². The van der Waals surface area contributed by atoms with Gasteiger partial charge >= 0.3 is 46.8 Å². The van der Waals surface area contributed by atoms with Gasteiger partial charge in [0.2, 0.25) is 0 Å². The van der Waals surface area contributed by atoms with Crippen LogP contribution in [0, 0.1) is 30.6 Å². The molecule has 0 heterocycles. The van der Waals surface area contributed by atoms with Crippen LogP contribution in [-0.4, -0.2) is 49.4 Å². The predicted molar refractivity (Wildman–Crippen MR) is 36.5 cm³/mol. The summed E-state index contributed by atoms with van der Waals surface area (Å²) in [7, 11) is 0. The van der Waals surface area contributed by atoms with E-state index in [9.17, 15) is 0 Å². The van der Waals surface area contributed by atoms with E-state index in [4.69, 9.17) is 50.4 Å². The van der Waals surface area contributed by atoms with Crippen molar-refractivity contribution in [2.45, 2.75) is 0 Å². The van der Waals surface area contributed by atoms with Crippen LogP contribution < -0.4 is 10.2 Å². The Morgan fingerprint density at radius 3 is 0.812 bits per heavy atom. The maximum Gasteiger partial charge on any atom is 2.00 e. The monoisotopic (exact) mass is 484 g/mol. The minimum atomic E-state index is -2.19. The summed E-state index contributed by atoms with van der Waals surface area (Å²) in [5.41, 5.74) is 0. The van der Waals surface area contributed by atoms with Gasteiger partial charge in [-0.2, -0.15) is 0 Å². The van der Waals surface area contributed by atoms with Gasteiger partial charge in [0, 0.05) is 0 Å². The fourth-order valence-corrected chi connectivity index (χ4v) is 0. The van der Waals surface area contributed by atoms with Crippen molar-refractivity contribution >= 4 is 39.2 Å². The Balaban J connectivity index is -0.0000000367. The second-order valence-electron chi connectivity index (χ2n) is 1.02. The first-order valence-corrected chi connectivity index (χ1v) is 2.16. The Kier molecular flexibility index (Phi) is 35.7. The molecule has 0 atom stereocenters. The van der Waals surface area contributed by atoms with Gasteiger partial charge in [0.05, 0.1) is 22.1 Å². The summed E-state index contributed by atoms with van der Waals surface area (Å²) >= 11 is 0. The van der Waals surface area contributed by atoms with Crippen LogP contribution in [0.25, 0.3) is 0 Å². The van der Waals surface area contributed by atoms with E-state index in [1.165, 1.54) is 0 Å². The summed E-state index contributed by atoms with van der Waals surface area (Å²) in [5.74, 6) is -4.37. The first kappa shape index (κ1) is 29.4. The van der Waals surface area contributed by atoms with Crippen LogP contribution in [0.1, 0.15) is 0 Å². The number of carboxylic acids is 2. The van der Waals surface area contributed by atoms with Crippen molar-refractivity contribution in [1.82, 2.24) is 0 Å². The van der Waals surface area contributed by atoms with Crippen molar-refractivity contribution in [3.8, 4) is 0 Å². The fourth-order valence-electron chi connectivity index (χ4n) is 0. The molecule has 0 amide bonds. The molecule has 0 aliphatic carbocycles. The second kappa shape index (κ2) is 19.5. The van der Waals surface area contributed by atoms with Crippen LogP contribution in [0.5, 0.6) is 0 Å². The van der Waals surface area contributed by atoms with Crippen LogP contribution in [-0.2, 0) is 29.1 Å². The molecule has 84 valence electrons. The van der Waals surface area contributed by atoms with Crippen LogP contribution in [0.4, 0.5) is 0 Å². The minimum absolute atomic E-state index is 0. The van der Waals surface area contributed by atoms with Crippen molar-refractivity contribution in [2.75, 3.05) is 0 Å². The van der Waals surface area contributed by atoms with Gasteiger partial charge in [-0.25, -0.2) is 0 Å². The number of hydrogen-bond acceptors (Lipinski definition) is 10. The van der Waals surface area contributed by atoms with E-state index in [1.807, 2.05) is 0 Å². The number of rotatable bonds is 0. The Morgan fingerprint density at radius 1 is 0.750 bits per heavy atom. The molecule has 0 fully saturated rings. The van der Waals surface area contributed by atoms with Crippen LogP contribution >= 0.6 is 0 Å². The molecule has 0 saturated carbocycles. The smallest absolute Gasteiger partial charge is 0.543 e. The number of hydrogen-bond donors (Lipinski definition) is 0. The normalized spacial score (nSPS) is 5.75. The molecule has 0 aliphatic heterocycles. The van der Waals surface area contributed by atoms with Gasteiger partial charge in [-0.3, -0.25) is 0 Å². The number of carboxylic acid groups (broad SMARTS) is 2. The maximum absolute atomic E-state index is 8.93. The molecule has 0 rings (SSSR count). The molecular formula is C2N2O10PbZn. The molecule has 2 radical (unpaired) electrons. The van der Waals surface area contributed by atoms with E-state index in [2.05, 4.69) is 0 Å². The Hall–Kier alpha value is -1.11. The molecule has 0 aromatic carbocycles. The average molecular weight is 485 g/mol. The number of carbonyl (C=O) groups is 2. The van der Waals surface area contributed by atoms with Gasteiger partial charge in [0.15, 0.2) is 0 Å². The first-order valence-electron chi connectivity index (χ1n) is 2.16. The van der Waals surface area contributed by atoms with Crippen LogP contribution in [0.3, 0.4) is 0 Å². The summed E-state index contributed by atoms with van der Waals surface area (Å²) in [6.45, 7) is 0. The number of nitrogens with zero attached hydrogens (tertiary/aromatic N) is 2. The van der Waals surface area contributed by atoms with Crippen molar-refractivity contribution in [3.05, 3.63) is 30.6 Å². The van der Waals surface area contributed by atoms with Gasteiger partial charge in [-0.15, -0.1) is 0 Å². The van der Waals surface area contributed by atoms with Gasteiger partial charge in [0.1, 0.15) is 0 Å². The van der Waals surface area contributed by atoms with Crippen molar-refractivity contribution in [2.24, 2.45) is 0 Å². The van der Waals surface area contributed by atoms with E-state index in [0.717, 1.165) is 0 Å². The molecule has 0 unspecified atom stereocenters. The first-order chi connectivity index (χ1) is 6.11. The molecule has 0 aromatic heterocycles. The van der Waals surface area contributed by atoms with Crippen LogP contribution in [0.2, 0.25) is 0 Å². The molecule has 14 heteroatoms. The largest absolute Gasteiger partial charge is 2.00 e. The molecule has 12 nitrogen and oxygen atoms in total. The third-order valence-electron chi connectivity index (χ3n) is 0.167. The Morgan fingerprint density at radius 2 is 0.812 bits per heavy atom. The quantitative estimate of drug-likeness (QED) is 0.139. The zero-order valence-corrected chi connectivity index (χ0v) is 14.0. The SMILES string of the molecule is O=C([O-])C(=O)[O-].O=[N+]([O-])[O-].O=[N+]([O-])[O-].[Pb+2].[Zn+2]. The van der Waals surface area contributed by atoms with E-state index >= 15 is 0 Å². The fraction of sp³-hybridized carbons (Fsp3) is 0. The second-order valence-corrected chi connectivity index (χ2v) is 1.02. The standard InChI is InChI=1S/C2H2O4.2NO3.Pb.Zn/c3-1(4)2(5)6;2*2-1(3)4;;/h(H,3,4)(H,5,6);;;;/q;2*-1;2*+2/p-2. The summed E-state index contributed by atoms with van der Waals surface area (Å²) in [6.07, 6.45) is 0. The summed E-state index contributed by atoms with van der Waals surface area (Å²) in [5, 5.41) is 47.4. The molecule has 0 spiro atoms. The summed E-state index contributed by atoms with van der Waals surface area (Å²) < 4.78 is 0. The average Bonchev–Trinajstić information content (AvgIpc) is 1.83. The molecule has 0 bridgehead atoms. The predicted octanol–water partition coefficient (Wildman–Crippen LogP) is -4.38. The molecular weight excluding hydrogens is 485 g/mol. The van der Waals surface area contributed by atoms with E-state index in [1.54, 1.807) is 0 Å². The third-order valence-corrected chi connectivity index (χ3v) is 0.167. The summed E-state index contributed by atoms with van der Waals surface area (Å²) in [4.78, 5) is 34.4. The maximum atomic E-state index is 8.93. The molecule has 0 aliphatic rings. The summed E-state index contributed by atoms with van der Waals surface area (Å²) in [6, 6.07) is 0. The van der Waals surface area contributed by atoms with Crippen LogP contribution in [0.15, 0.2) is 0 Å². The van der Waals surface area contributed by atoms with Gasteiger partial charge < -0.3 is 50.4 Å². The minimum Gasteiger partial charge on any atom is -0.543 e. The van der Waals surface area contributed by atoms with Gasteiger partial charge in [-0.05, 0) is 0 Å². The van der Waals surface area contributed by atoms with Gasteiger partial charge in [-0.1, -0.05) is 0 Å². The number of carbonyl (C=O) groups excluding carboxylic acids is 2. The topological polar surface area (TPSA) is 213 Å². The van der Waals surface area contributed by atoms with Gasteiger partial charge in [0.25, 0.3) is 0 Å². The Labute approximate surface area is 119 Å². The Bertz CT molecular complexity index is 199. The molecule has 16 heavy (non-hydrogen) atoms.